The van der Waals surface area contributed by atoms with Crippen molar-refractivity contribution in [3.05, 3.63) is 66.5 Å². The molecule has 0 spiro atoms. The minimum Gasteiger partial charge on any atom is -0.484 e. The maximum Gasteiger partial charge on any atom is 0.416 e. The third kappa shape index (κ3) is 4.47. The van der Waals surface area contributed by atoms with Crippen molar-refractivity contribution in [2.45, 2.75) is 6.18 Å². The molecule has 136 valence electrons. The number of hydrogen-bond acceptors (Lipinski definition) is 4. The topological polar surface area (TPSA) is 53.6 Å². The zero-order valence-electron chi connectivity index (χ0n) is 13.6. The Labute approximate surface area is 148 Å². The summed E-state index contributed by atoms with van der Waals surface area (Å²) in [5.41, 5.74) is 0.484. The molecule has 8 heteroatoms. The number of carbonyl (C=O) groups excluding carboxylic acids is 1. The molecule has 0 saturated heterocycles. The lowest BCUT2D eigenvalue weighted by atomic mass is 10.2. The van der Waals surface area contributed by atoms with Crippen molar-refractivity contribution in [2.75, 3.05) is 23.5 Å². The number of ether oxygens (including phenoxy) is 1. The van der Waals surface area contributed by atoms with Crippen LogP contribution in [0.2, 0.25) is 0 Å². The Morgan fingerprint density at radius 1 is 1.12 bits per heavy atom. The molecule has 1 amide bonds. The van der Waals surface area contributed by atoms with Crippen LogP contribution in [0.1, 0.15) is 5.56 Å². The number of nitrogens with one attached hydrogen (secondary N) is 2. The number of anilines is 2. The zero-order chi connectivity index (χ0) is 18.6. The van der Waals surface area contributed by atoms with Crippen LogP contribution in [0.5, 0.6) is 5.75 Å². The first-order valence-electron chi connectivity index (χ1n) is 7.78. The molecule has 0 fully saturated rings. The molecule has 0 bridgehead atoms. The standard InChI is InChI=1S/C18H16F3N3O2/c19-18(20,21)13-1-3-14(4-2-13)23-17(25)11-26-16-7-5-15(6-8-16)24-10-9-22-12-24/h1-10,22H,11-12H2,(H,23,25). The van der Waals surface area contributed by atoms with Crippen LogP contribution in [0, 0.1) is 0 Å². The number of halogens is 3. The van der Waals surface area contributed by atoms with E-state index in [1.54, 1.807) is 12.1 Å². The summed E-state index contributed by atoms with van der Waals surface area (Å²) in [6.45, 7) is 0.446. The van der Waals surface area contributed by atoms with Gasteiger partial charge in [0.2, 0.25) is 0 Å². The highest BCUT2D eigenvalue weighted by molar-refractivity contribution is 5.91. The Morgan fingerprint density at radius 2 is 1.81 bits per heavy atom. The molecule has 2 N–H and O–H groups in total. The monoisotopic (exact) mass is 363 g/mol. The predicted molar refractivity (Wildman–Crippen MR) is 91.6 cm³/mol. The maximum absolute atomic E-state index is 12.5. The number of rotatable bonds is 5. The molecule has 1 aliphatic heterocycles. The molecule has 0 radical (unpaired) electrons. The number of nitrogens with zero attached hydrogens (tertiary/aromatic N) is 1. The molecule has 0 saturated carbocycles. The zero-order valence-corrected chi connectivity index (χ0v) is 13.6. The van der Waals surface area contributed by atoms with Gasteiger partial charge >= 0.3 is 6.18 Å². The highest BCUT2D eigenvalue weighted by Gasteiger charge is 2.29. The van der Waals surface area contributed by atoms with Crippen molar-refractivity contribution in [1.29, 1.82) is 0 Å². The highest BCUT2D eigenvalue weighted by Crippen LogP contribution is 2.29. The van der Waals surface area contributed by atoms with Crippen LogP contribution < -0.4 is 20.3 Å². The first kappa shape index (κ1) is 17.7. The first-order valence-corrected chi connectivity index (χ1v) is 7.78. The fourth-order valence-electron chi connectivity index (χ4n) is 2.35. The molecule has 26 heavy (non-hydrogen) atoms. The fourth-order valence-corrected chi connectivity index (χ4v) is 2.35. The van der Waals surface area contributed by atoms with E-state index >= 15 is 0 Å². The summed E-state index contributed by atoms with van der Waals surface area (Å²) in [6, 6.07) is 11.4. The van der Waals surface area contributed by atoms with Crippen molar-refractivity contribution >= 4 is 17.3 Å². The van der Waals surface area contributed by atoms with Gasteiger partial charge in [0.05, 0.1) is 12.2 Å². The predicted octanol–water partition coefficient (Wildman–Crippen LogP) is 3.56. The van der Waals surface area contributed by atoms with E-state index in [9.17, 15) is 18.0 Å². The number of benzene rings is 2. The molecular weight excluding hydrogens is 347 g/mol. The van der Waals surface area contributed by atoms with Gasteiger partial charge < -0.3 is 20.3 Å². The SMILES string of the molecule is O=C(COc1ccc(N2C=CNC2)cc1)Nc1ccc(C(F)(F)F)cc1. The lowest BCUT2D eigenvalue weighted by Gasteiger charge is -2.15. The Hall–Kier alpha value is -3.16. The number of amides is 1. The van der Waals surface area contributed by atoms with Crippen LogP contribution >= 0.6 is 0 Å². The van der Waals surface area contributed by atoms with Gasteiger partial charge in [-0.05, 0) is 48.5 Å². The Kier molecular flexibility index (Phi) is 5.01. The molecule has 0 aromatic heterocycles. The minimum absolute atomic E-state index is 0.245. The van der Waals surface area contributed by atoms with Crippen molar-refractivity contribution in [3.63, 3.8) is 0 Å². The average Bonchev–Trinajstić information content (AvgIpc) is 3.15. The van der Waals surface area contributed by atoms with Crippen LogP contribution in [-0.2, 0) is 11.0 Å². The molecule has 0 aliphatic carbocycles. The van der Waals surface area contributed by atoms with E-state index in [2.05, 4.69) is 10.6 Å². The Bertz CT molecular complexity index is 787. The van der Waals surface area contributed by atoms with Crippen LogP contribution in [0.15, 0.2) is 60.9 Å². The smallest absolute Gasteiger partial charge is 0.416 e. The largest absolute Gasteiger partial charge is 0.484 e. The fraction of sp³-hybridized carbons (Fsp3) is 0.167. The second-order valence-electron chi connectivity index (χ2n) is 5.55. The van der Waals surface area contributed by atoms with Crippen molar-refractivity contribution in [3.8, 4) is 5.75 Å². The molecule has 2 aromatic rings. The quantitative estimate of drug-likeness (QED) is 0.853. The van der Waals surface area contributed by atoms with Gasteiger partial charge in [-0.15, -0.1) is 0 Å². The van der Waals surface area contributed by atoms with Gasteiger partial charge in [0.1, 0.15) is 5.75 Å². The van der Waals surface area contributed by atoms with Gasteiger partial charge in [0.15, 0.2) is 6.61 Å². The average molecular weight is 363 g/mol. The Morgan fingerprint density at radius 3 is 2.38 bits per heavy atom. The lowest BCUT2D eigenvalue weighted by molar-refractivity contribution is -0.137. The van der Waals surface area contributed by atoms with E-state index in [1.807, 2.05) is 29.4 Å². The third-order valence-electron chi connectivity index (χ3n) is 3.67. The van der Waals surface area contributed by atoms with Gasteiger partial charge in [-0.25, -0.2) is 0 Å². The Balaban J connectivity index is 1.50. The van der Waals surface area contributed by atoms with E-state index in [0.29, 0.717) is 12.4 Å². The molecule has 1 aliphatic rings. The summed E-state index contributed by atoms with van der Waals surface area (Å²) in [6.07, 6.45) is -0.651. The van der Waals surface area contributed by atoms with E-state index in [1.165, 1.54) is 12.1 Å². The molecule has 0 atom stereocenters. The van der Waals surface area contributed by atoms with Crippen molar-refractivity contribution in [1.82, 2.24) is 5.32 Å². The summed E-state index contributed by atoms with van der Waals surface area (Å²) in [4.78, 5) is 13.9. The summed E-state index contributed by atoms with van der Waals surface area (Å²) in [7, 11) is 0. The van der Waals surface area contributed by atoms with E-state index < -0.39 is 17.6 Å². The van der Waals surface area contributed by atoms with Crippen LogP contribution in [0.3, 0.4) is 0 Å². The van der Waals surface area contributed by atoms with Gasteiger partial charge in [0, 0.05) is 23.8 Å². The van der Waals surface area contributed by atoms with Crippen LogP contribution in [0.25, 0.3) is 0 Å². The van der Waals surface area contributed by atoms with E-state index in [-0.39, 0.29) is 12.3 Å². The van der Waals surface area contributed by atoms with Crippen molar-refractivity contribution in [2.24, 2.45) is 0 Å². The highest BCUT2D eigenvalue weighted by atomic mass is 19.4. The minimum atomic E-state index is -4.40. The maximum atomic E-state index is 12.5. The van der Waals surface area contributed by atoms with Gasteiger partial charge in [-0.1, -0.05) is 0 Å². The molecule has 5 nitrogen and oxygen atoms in total. The van der Waals surface area contributed by atoms with Gasteiger partial charge in [0.25, 0.3) is 5.91 Å². The molecular formula is C18H16F3N3O2. The second-order valence-corrected chi connectivity index (χ2v) is 5.55. The summed E-state index contributed by atoms with van der Waals surface area (Å²) in [5.74, 6) is 0.0629. The molecule has 1 heterocycles. The summed E-state index contributed by atoms with van der Waals surface area (Å²) < 4.78 is 42.9. The number of hydrogen-bond donors (Lipinski definition) is 2. The van der Waals surface area contributed by atoms with Crippen molar-refractivity contribution < 1.29 is 22.7 Å². The molecule has 0 unspecified atom stereocenters. The van der Waals surface area contributed by atoms with Gasteiger partial charge in [-0.2, -0.15) is 13.2 Å². The van der Waals surface area contributed by atoms with Gasteiger partial charge in [-0.3, -0.25) is 4.79 Å². The third-order valence-corrected chi connectivity index (χ3v) is 3.67. The lowest BCUT2D eigenvalue weighted by Crippen LogP contribution is -2.20. The normalized spacial score (nSPS) is 13.4. The number of alkyl halides is 3. The van der Waals surface area contributed by atoms with E-state index in [4.69, 9.17) is 4.74 Å². The number of carbonyl (C=O) groups is 1. The van der Waals surface area contributed by atoms with Crippen LogP contribution in [-0.4, -0.2) is 19.2 Å². The molecule has 2 aromatic carbocycles. The first-order chi connectivity index (χ1) is 12.4. The summed E-state index contributed by atoms with van der Waals surface area (Å²) in [5, 5.41) is 5.55. The second kappa shape index (κ2) is 7.38. The van der Waals surface area contributed by atoms with E-state index in [0.717, 1.165) is 17.8 Å². The molecule has 3 rings (SSSR count). The summed E-state index contributed by atoms with van der Waals surface area (Å²) >= 11 is 0. The van der Waals surface area contributed by atoms with Crippen LogP contribution in [0.4, 0.5) is 24.5 Å².